The summed E-state index contributed by atoms with van der Waals surface area (Å²) in [7, 11) is 1.91. The normalized spacial score (nSPS) is 13.9. The number of hydrogen-bond donors (Lipinski definition) is 1. The monoisotopic (exact) mass is 356 g/mol. The zero-order valence-corrected chi connectivity index (χ0v) is 14.5. The molecule has 1 N–H and O–H groups in total. The molecule has 1 amide bonds. The molecule has 7 heteroatoms. The summed E-state index contributed by atoms with van der Waals surface area (Å²) in [4.78, 5) is 14.1. The highest BCUT2D eigenvalue weighted by Crippen LogP contribution is 2.33. The van der Waals surface area contributed by atoms with E-state index in [4.69, 9.17) is 18.9 Å². The number of ether oxygens (including phenoxy) is 4. The number of likely N-dealkylation sites (N-methyl/N-ethyl adjacent to an activating group) is 1. The van der Waals surface area contributed by atoms with Gasteiger partial charge in [0.15, 0.2) is 23.0 Å². The van der Waals surface area contributed by atoms with Crippen molar-refractivity contribution >= 4 is 5.91 Å². The van der Waals surface area contributed by atoms with Crippen molar-refractivity contribution in [2.45, 2.75) is 13.1 Å². The predicted molar refractivity (Wildman–Crippen MR) is 93.3 cm³/mol. The van der Waals surface area contributed by atoms with Crippen LogP contribution in [0.1, 0.15) is 11.1 Å². The topological polar surface area (TPSA) is 69.3 Å². The zero-order chi connectivity index (χ0) is 17.9. The molecule has 4 rings (SSSR count). The van der Waals surface area contributed by atoms with Crippen LogP contribution in [-0.2, 0) is 17.9 Å². The van der Waals surface area contributed by atoms with E-state index in [0.717, 1.165) is 34.1 Å². The fourth-order valence-corrected chi connectivity index (χ4v) is 2.96. The lowest BCUT2D eigenvalue weighted by molar-refractivity contribution is -0.122. The molecule has 2 aliphatic heterocycles. The highest BCUT2D eigenvalue weighted by atomic mass is 16.7. The molecule has 0 fully saturated rings. The maximum atomic E-state index is 12.2. The van der Waals surface area contributed by atoms with Gasteiger partial charge in [-0.3, -0.25) is 9.69 Å². The van der Waals surface area contributed by atoms with Gasteiger partial charge in [-0.05, 0) is 42.4 Å². The summed E-state index contributed by atoms with van der Waals surface area (Å²) < 4.78 is 21.3. The number of rotatable bonds is 6. The van der Waals surface area contributed by atoms with Crippen molar-refractivity contribution in [2.75, 3.05) is 27.2 Å². The van der Waals surface area contributed by atoms with E-state index in [2.05, 4.69) is 5.32 Å². The lowest BCUT2D eigenvalue weighted by Crippen LogP contribution is -2.34. The number of nitrogens with zero attached hydrogens (tertiary/aromatic N) is 1. The van der Waals surface area contributed by atoms with Crippen molar-refractivity contribution in [1.82, 2.24) is 10.2 Å². The zero-order valence-electron chi connectivity index (χ0n) is 14.5. The maximum absolute atomic E-state index is 12.2. The highest BCUT2D eigenvalue weighted by Gasteiger charge is 2.15. The van der Waals surface area contributed by atoms with E-state index in [0.29, 0.717) is 19.6 Å². The molecule has 7 nitrogen and oxygen atoms in total. The van der Waals surface area contributed by atoms with Crippen molar-refractivity contribution in [1.29, 1.82) is 0 Å². The summed E-state index contributed by atoms with van der Waals surface area (Å²) in [6.07, 6.45) is 0. The van der Waals surface area contributed by atoms with Crippen LogP contribution in [0.25, 0.3) is 0 Å². The van der Waals surface area contributed by atoms with Gasteiger partial charge in [0, 0.05) is 13.1 Å². The second-order valence-electron chi connectivity index (χ2n) is 6.32. The third-order valence-electron chi connectivity index (χ3n) is 4.23. The van der Waals surface area contributed by atoms with Gasteiger partial charge in [0.05, 0.1) is 6.54 Å². The molecule has 0 spiro atoms. The van der Waals surface area contributed by atoms with Gasteiger partial charge >= 0.3 is 0 Å². The first-order valence-corrected chi connectivity index (χ1v) is 8.40. The summed E-state index contributed by atoms with van der Waals surface area (Å²) in [5, 5.41) is 2.93. The number of carbonyl (C=O) groups excluding carboxylic acids is 1. The number of fused-ring (bicyclic) bond motifs is 2. The van der Waals surface area contributed by atoms with Gasteiger partial charge in [-0.15, -0.1) is 0 Å². The van der Waals surface area contributed by atoms with Crippen molar-refractivity contribution in [3.8, 4) is 23.0 Å². The molecule has 136 valence electrons. The first kappa shape index (κ1) is 16.5. The van der Waals surface area contributed by atoms with Gasteiger partial charge < -0.3 is 24.3 Å². The van der Waals surface area contributed by atoms with Gasteiger partial charge in [0.25, 0.3) is 0 Å². The molecule has 0 aromatic heterocycles. The Morgan fingerprint density at radius 3 is 2.19 bits per heavy atom. The average molecular weight is 356 g/mol. The Morgan fingerprint density at radius 2 is 1.50 bits per heavy atom. The van der Waals surface area contributed by atoms with E-state index in [1.165, 1.54) is 0 Å². The van der Waals surface area contributed by atoms with E-state index in [-0.39, 0.29) is 19.5 Å². The Bertz CT molecular complexity index is 824. The first-order chi connectivity index (χ1) is 12.7. The second kappa shape index (κ2) is 7.13. The smallest absolute Gasteiger partial charge is 0.234 e. The fourth-order valence-electron chi connectivity index (χ4n) is 2.96. The molecule has 0 saturated heterocycles. The van der Waals surface area contributed by atoms with Gasteiger partial charge in [-0.1, -0.05) is 12.1 Å². The summed E-state index contributed by atoms with van der Waals surface area (Å²) >= 11 is 0. The Morgan fingerprint density at radius 1 is 0.923 bits per heavy atom. The van der Waals surface area contributed by atoms with Crippen LogP contribution in [0.4, 0.5) is 0 Å². The Kier molecular flexibility index (Phi) is 4.53. The molecule has 2 aromatic carbocycles. The SMILES string of the molecule is CN(CC(=O)NCc1ccc2c(c1)OCO2)Cc1ccc2c(c1)OCO2. The van der Waals surface area contributed by atoms with Crippen LogP contribution < -0.4 is 24.3 Å². The van der Waals surface area contributed by atoms with Gasteiger partial charge in [-0.25, -0.2) is 0 Å². The molecule has 2 heterocycles. The molecule has 0 atom stereocenters. The van der Waals surface area contributed by atoms with Crippen LogP contribution in [0.3, 0.4) is 0 Å². The molecule has 2 aromatic rings. The maximum Gasteiger partial charge on any atom is 0.234 e. The number of benzene rings is 2. The molecule has 0 unspecified atom stereocenters. The minimum Gasteiger partial charge on any atom is -0.454 e. The van der Waals surface area contributed by atoms with E-state index < -0.39 is 0 Å². The Hall–Kier alpha value is -2.93. The quantitative estimate of drug-likeness (QED) is 0.853. The van der Waals surface area contributed by atoms with Crippen LogP contribution in [-0.4, -0.2) is 38.0 Å². The third kappa shape index (κ3) is 3.67. The summed E-state index contributed by atoms with van der Waals surface area (Å²) in [6, 6.07) is 11.5. The standard InChI is InChI=1S/C19H20N2O5/c1-21(9-14-3-5-16-18(7-14)26-12-24-16)10-19(22)20-8-13-2-4-15-17(6-13)25-11-23-15/h2-7H,8-12H2,1H3,(H,20,22). The minimum absolute atomic E-state index is 0.0362. The van der Waals surface area contributed by atoms with Crippen LogP contribution >= 0.6 is 0 Å². The molecular weight excluding hydrogens is 336 g/mol. The molecule has 2 aliphatic rings. The second-order valence-corrected chi connectivity index (χ2v) is 6.32. The highest BCUT2D eigenvalue weighted by molar-refractivity contribution is 5.78. The van der Waals surface area contributed by atoms with Crippen LogP contribution in [0.15, 0.2) is 36.4 Å². The largest absolute Gasteiger partial charge is 0.454 e. The molecule has 26 heavy (non-hydrogen) atoms. The minimum atomic E-state index is -0.0362. The molecular formula is C19H20N2O5. The van der Waals surface area contributed by atoms with Crippen molar-refractivity contribution < 1.29 is 23.7 Å². The van der Waals surface area contributed by atoms with Crippen molar-refractivity contribution in [3.05, 3.63) is 47.5 Å². The number of carbonyl (C=O) groups is 1. The summed E-state index contributed by atoms with van der Waals surface area (Å²) in [6.45, 7) is 1.91. The Balaban J connectivity index is 1.26. The lowest BCUT2D eigenvalue weighted by atomic mass is 10.2. The number of amides is 1. The van der Waals surface area contributed by atoms with E-state index in [9.17, 15) is 4.79 Å². The summed E-state index contributed by atoms with van der Waals surface area (Å²) in [5.41, 5.74) is 2.04. The van der Waals surface area contributed by atoms with Crippen LogP contribution in [0.5, 0.6) is 23.0 Å². The van der Waals surface area contributed by atoms with Crippen LogP contribution in [0.2, 0.25) is 0 Å². The predicted octanol–water partition coefficient (Wildman–Crippen LogP) is 1.89. The lowest BCUT2D eigenvalue weighted by Gasteiger charge is -2.16. The van der Waals surface area contributed by atoms with Gasteiger partial charge in [0.2, 0.25) is 19.5 Å². The van der Waals surface area contributed by atoms with Crippen molar-refractivity contribution in [2.24, 2.45) is 0 Å². The van der Waals surface area contributed by atoms with Gasteiger partial charge in [0.1, 0.15) is 0 Å². The van der Waals surface area contributed by atoms with Crippen LogP contribution in [0, 0.1) is 0 Å². The third-order valence-corrected chi connectivity index (χ3v) is 4.23. The first-order valence-electron chi connectivity index (χ1n) is 8.40. The molecule has 0 bridgehead atoms. The van der Waals surface area contributed by atoms with E-state index >= 15 is 0 Å². The van der Waals surface area contributed by atoms with E-state index in [1.807, 2.05) is 48.3 Å². The average Bonchev–Trinajstić information content (AvgIpc) is 3.27. The van der Waals surface area contributed by atoms with Gasteiger partial charge in [-0.2, -0.15) is 0 Å². The molecule has 0 saturated carbocycles. The fraction of sp³-hybridized carbons (Fsp3) is 0.316. The number of nitrogens with one attached hydrogen (secondary N) is 1. The van der Waals surface area contributed by atoms with Crippen molar-refractivity contribution in [3.63, 3.8) is 0 Å². The Labute approximate surface area is 151 Å². The van der Waals surface area contributed by atoms with E-state index in [1.54, 1.807) is 0 Å². The summed E-state index contributed by atoms with van der Waals surface area (Å²) in [5.74, 6) is 2.94. The molecule has 0 aliphatic carbocycles. The number of hydrogen-bond acceptors (Lipinski definition) is 6. The molecule has 0 radical (unpaired) electrons.